The number of amides is 1. The standard InChI is InChI=1S/C19H20N4O2/c1-3-13(2)14-8-4-6-10-16(14)20-18(24)12-23-19(25)15-9-5-7-11-17(15)21-22-23/h4-11,13H,3,12H2,1-2H3,(H,20,24). The van der Waals surface area contributed by atoms with Gasteiger partial charge in [0, 0.05) is 5.69 Å². The van der Waals surface area contributed by atoms with Crippen LogP contribution in [0.2, 0.25) is 0 Å². The lowest BCUT2D eigenvalue weighted by Crippen LogP contribution is -2.30. The van der Waals surface area contributed by atoms with Crippen LogP contribution in [0.25, 0.3) is 10.9 Å². The summed E-state index contributed by atoms with van der Waals surface area (Å²) in [6, 6.07) is 14.7. The van der Waals surface area contributed by atoms with Crippen LogP contribution in [0, 0.1) is 0 Å². The zero-order valence-corrected chi connectivity index (χ0v) is 14.3. The third-order valence-corrected chi connectivity index (χ3v) is 4.30. The molecule has 1 aromatic heterocycles. The Kier molecular flexibility index (Phi) is 4.88. The van der Waals surface area contributed by atoms with E-state index in [2.05, 4.69) is 29.5 Å². The van der Waals surface area contributed by atoms with Crippen molar-refractivity contribution in [1.82, 2.24) is 15.0 Å². The van der Waals surface area contributed by atoms with Crippen LogP contribution in [0.1, 0.15) is 31.7 Å². The van der Waals surface area contributed by atoms with Crippen LogP contribution in [0.4, 0.5) is 5.69 Å². The highest BCUT2D eigenvalue weighted by atomic mass is 16.2. The van der Waals surface area contributed by atoms with Gasteiger partial charge in [0.25, 0.3) is 5.56 Å². The summed E-state index contributed by atoms with van der Waals surface area (Å²) in [5, 5.41) is 11.2. The Hall–Kier alpha value is -3.02. The molecule has 128 valence electrons. The molecule has 0 aliphatic heterocycles. The molecule has 3 rings (SSSR count). The molecule has 0 aliphatic rings. The van der Waals surface area contributed by atoms with Gasteiger partial charge in [-0.3, -0.25) is 9.59 Å². The summed E-state index contributed by atoms with van der Waals surface area (Å²) in [5.41, 5.74) is 2.04. The van der Waals surface area contributed by atoms with E-state index in [1.54, 1.807) is 24.3 Å². The van der Waals surface area contributed by atoms with Crippen molar-refractivity contribution in [3.63, 3.8) is 0 Å². The lowest BCUT2D eigenvalue weighted by molar-refractivity contribution is -0.117. The summed E-state index contributed by atoms with van der Waals surface area (Å²) >= 11 is 0. The van der Waals surface area contributed by atoms with Crippen LogP contribution in [-0.2, 0) is 11.3 Å². The Balaban J connectivity index is 1.82. The number of nitrogens with one attached hydrogen (secondary N) is 1. The van der Waals surface area contributed by atoms with E-state index in [4.69, 9.17) is 0 Å². The number of rotatable bonds is 5. The second-order valence-corrected chi connectivity index (χ2v) is 6.01. The predicted molar refractivity (Wildman–Crippen MR) is 97.6 cm³/mol. The molecule has 0 spiro atoms. The van der Waals surface area contributed by atoms with Gasteiger partial charge in [0.2, 0.25) is 5.91 Å². The maximum atomic E-state index is 12.4. The van der Waals surface area contributed by atoms with Gasteiger partial charge in [0.05, 0.1) is 5.39 Å². The summed E-state index contributed by atoms with van der Waals surface area (Å²) in [7, 11) is 0. The van der Waals surface area contributed by atoms with Gasteiger partial charge in [-0.2, -0.15) is 0 Å². The number of carbonyl (C=O) groups excluding carboxylic acids is 1. The quantitative estimate of drug-likeness (QED) is 0.777. The summed E-state index contributed by atoms with van der Waals surface area (Å²) in [4.78, 5) is 24.8. The molecule has 6 nitrogen and oxygen atoms in total. The lowest BCUT2D eigenvalue weighted by atomic mass is 9.97. The van der Waals surface area contributed by atoms with Gasteiger partial charge in [-0.25, -0.2) is 4.68 Å². The molecule has 0 fully saturated rings. The van der Waals surface area contributed by atoms with Gasteiger partial charge in [-0.1, -0.05) is 49.4 Å². The summed E-state index contributed by atoms with van der Waals surface area (Å²) < 4.78 is 1.09. The molecule has 1 amide bonds. The number of carbonyl (C=O) groups is 1. The Morgan fingerprint density at radius 2 is 1.88 bits per heavy atom. The first-order chi connectivity index (χ1) is 12.1. The summed E-state index contributed by atoms with van der Waals surface area (Å²) in [5.74, 6) is 0.0297. The van der Waals surface area contributed by atoms with Gasteiger partial charge < -0.3 is 5.32 Å². The molecule has 1 atom stereocenters. The molecule has 0 saturated heterocycles. The normalized spacial score (nSPS) is 12.1. The highest BCUT2D eigenvalue weighted by Crippen LogP contribution is 2.26. The van der Waals surface area contributed by atoms with Crippen LogP contribution in [0.5, 0.6) is 0 Å². The van der Waals surface area contributed by atoms with Crippen LogP contribution < -0.4 is 10.9 Å². The molecule has 0 saturated carbocycles. The zero-order chi connectivity index (χ0) is 17.8. The van der Waals surface area contributed by atoms with E-state index in [-0.39, 0.29) is 18.0 Å². The maximum Gasteiger partial charge on any atom is 0.278 e. The molecule has 0 aliphatic carbocycles. The SMILES string of the molecule is CCC(C)c1ccccc1NC(=O)Cn1nnc2ccccc2c1=O. The number of hydrogen-bond acceptors (Lipinski definition) is 4. The number of benzene rings is 2. The summed E-state index contributed by atoms with van der Waals surface area (Å²) in [6.07, 6.45) is 0.975. The number of anilines is 1. The van der Waals surface area contributed by atoms with Crippen molar-refractivity contribution in [2.75, 3.05) is 5.32 Å². The molecule has 1 unspecified atom stereocenters. The first-order valence-electron chi connectivity index (χ1n) is 8.31. The molecular formula is C19H20N4O2. The lowest BCUT2D eigenvalue weighted by Gasteiger charge is -2.15. The predicted octanol–water partition coefficient (Wildman–Crippen LogP) is 2.94. The fourth-order valence-corrected chi connectivity index (χ4v) is 2.71. The molecule has 0 radical (unpaired) electrons. The molecule has 0 bridgehead atoms. The highest BCUT2D eigenvalue weighted by molar-refractivity contribution is 5.91. The minimum Gasteiger partial charge on any atom is -0.324 e. The monoisotopic (exact) mass is 336 g/mol. The van der Waals surface area contributed by atoms with Crippen molar-refractivity contribution in [2.45, 2.75) is 32.7 Å². The third kappa shape index (κ3) is 3.57. The molecule has 3 aromatic rings. The number of para-hydroxylation sites is 1. The number of hydrogen-bond donors (Lipinski definition) is 1. The second kappa shape index (κ2) is 7.25. The first kappa shape index (κ1) is 16.8. The van der Waals surface area contributed by atoms with E-state index in [0.29, 0.717) is 16.8 Å². The molecule has 1 N–H and O–H groups in total. The van der Waals surface area contributed by atoms with Crippen molar-refractivity contribution < 1.29 is 4.79 Å². The Morgan fingerprint density at radius 3 is 2.68 bits per heavy atom. The Morgan fingerprint density at radius 1 is 1.16 bits per heavy atom. The van der Waals surface area contributed by atoms with Crippen molar-refractivity contribution in [2.24, 2.45) is 0 Å². The van der Waals surface area contributed by atoms with Gasteiger partial charge in [-0.05, 0) is 36.1 Å². The van der Waals surface area contributed by atoms with Gasteiger partial charge in [0.1, 0.15) is 12.1 Å². The molecule has 2 aromatic carbocycles. The van der Waals surface area contributed by atoms with Gasteiger partial charge >= 0.3 is 0 Å². The minimum atomic E-state index is -0.323. The van der Waals surface area contributed by atoms with Crippen molar-refractivity contribution in [3.8, 4) is 0 Å². The largest absolute Gasteiger partial charge is 0.324 e. The van der Waals surface area contributed by atoms with Crippen LogP contribution in [0.3, 0.4) is 0 Å². The topological polar surface area (TPSA) is 76.9 Å². The number of nitrogens with zero attached hydrogens (tertiary/aromatic N) is 3. The van der Waals surface area contributed by atoms with Crippen LogP contribution in [-0.4, -0.2) is 20.9 Å². The fraction of sp³-hybridized carbons (Fsp3) is 0.263. The third-order valence-electron chi connectivity index (χ3n) is 4.30. The van der Waals surface area contributed by atoms with Gasteiger partial charge in [0.15, 0.2) is 0 Å². The van der Waals surface area contributed by atoms with E-state index < -0.39 is 0 Å². The smallest absolute Gasteiger partial charge is 0.278 e. The number of aromatic nitrogens is 3. The maximum absolute atomic E-state index is 12.4. The average molecular weight is 336 g/mol. The summed E-state index contributed by atoms with van der Waals surface area (Å²) in [6.45, 7) is 4.04. The highest BCUT2D eigenvalue weighted by Gasteiger charge is 2.13. The van der Waals surface area contributed by atoms with E-state index in [0.717, 1.165) is 22.4 Å². The first-order valence-corrected chi connectivity index (χ1v) is 8.31. The molecular weight excluding hydrogens is 316 g/mol. The van der Waals surface area contributed by atoms with Crippen LogP contribution in [0.15, 0.2) is 53.3 Å². The van der Waals surface area contributed by atoms with Crippen LogP contribution >= 0.6 is 0 Å². The van der Waals surface area contributed by atoms with Crippen molar-refractivity contribution >= 4 is 22.5 Å². The Bertz CT molecular complexity index is 965. The average Bonchev–Trinajstić information content (AvgIpc) is 2.64. The second-order valence-electron chi connectivity index (χ2n) is 6.01. The molecule has 25 heavy (non-hydrogen) atoms. The van der Waals surface area contributed by atoms with E-state index in [1.807, 2.05) is 24.3 Å². The minimum absolute atomic E-state index is 0.175. The van der Waals surface area contributed by atoms with E-state index in [1.165, 1.54) is 0 Å². The molecule has 1 heterocycles. The van der Waals surface area contributed by atoms with E-state index >= 15 is 0 Å². The number of fused-ring (bicyclic) bond motifs is 1. The van der Waals surface area contributed by atoms with E-state index in [9.17, 15) is 9.59 Å². The fourth-order valence-electron chi connectivity index (χ4n) is 2.71. The zero-order valence-electron chi connectivity index (χ0n) is 14.3. The van der Waals surface area contributed by atoms with Crippen molar-refractivity contribution in [3.05, 3.63) is 64.4 Å². The Labute approximate surface area is 145 Å². The van der Waals surface area contributed by atoms with Gasteiger partial charge in [-0.15, -0.1) is 5.10 Å². The molecule has 6 heteroatoms. The van der Waals surface area contributed by atoms with Crippen molar-refractivity contribution in [1.29, 1.82) is 0 Å².